The van der Waals surface area contributed by atoms with Crippen molar-refractivity contribution >= 4 is 33.9 Å². The second-order valence-electron chi connectivity index (χ2n) is 4.82. The summed E-state index contributed by atoms with van der Waals surface area (Å²) < 4.78 is 1.49. The van der Waals surface area contributed by atoms with Gasteiger partial charge in [-0.05, 0) is 26.0 Å². The summed E-state index contributed by atoms with van der Waals surface area (Å²) in [7, 11) is 0. The molecule has 6 nitrogen and oxygen atoms in total. The lowest BCUT2D eigenvalue weighted by molar-refractivity contribution is 0.825. The van der Waals surface area contributed by atoms with E-state index in [0.29, 0.717) is 16.7 Å². The highest BCUT2D eigenvalue weighted by Crippen LogP contribution is 2.25. The molecule has 0 bridgehead atoms. The third-order valence-electron chi connectivity index (χ3n) is 3.04. The normalized spacial score (nSPS) is 10.8. The Labute approximate surface area is 136 Å². The Bertz CT molecular complexity index is 762. The third kappa shape index (κ3) is 3.40. The number of aromatic nitrogens is 4. The number of thiazole rings is 1. The van der Waals surface area contributed by atoms with Crippen LogP contribution in [0.4, 0.5) is 10.8 Å². The molecule has 0 aliphatic carbocycles. The number of nitrogens with one attached hydrogen (secondary N) is 1. The van der Waals surface area contributed by atoms with Crippen LogP contribution in [0.2, 0.25) is 0 Å². The maximum atomic E-state index is 5.83. The molecule has 22 heavy (non-hydrogen) atoms. The summed E-state index contributed by atoms with van der Waals surface area (Å²) in [5.41, 5.74) is 3.27. The van der Waals surface area contributed by atoms with Crippen molar-refractivity contribution in [2.24, 2.45) is 0 Å². The number of nitrogens with two attached hydrogens (primary N) is 1. The second kappa shape index (κ2) is 6.37. The highest BCUT2D eigenvalue weighted by Gasteiger charge is 2.09. The van der Waals surface area contributed by atoms with Crippen LogP contribution in [0.5, 0.6) is 0 Å². The Kier molecular flexibility index (Phi) is 4.30. The second-order valence-corrected chi connectivity index (χ2v) is 6.62. The maximum absolute atomic E-state index is 5.83. The largest absolute Gasteiger partial charge is 0.336 e. The highest BCUT2D eigenvalue weighted by atomic mass is 32.2. The number of anilines is 2. The van der Waals surface area contributed by atoms with Gasteiger partial charge in [0.1, 0.15) is 5.82 Å². The summed E-state index contributed by atoms with van der Waals surface area (Å²) in [5, 5.41) is 14.9. The molecule has 8 heteroatoms. The van der Waals surface area contributed by atoms with E-state index in [1.165, 1.54) is 22.0 Å². The zero-order chi connectivity index (χ0) is 15.5. The Morgan fingerprint density at radius 2 is 2.00 bits per heavy atom. The Balaban J connectivity index is 1.61. The molecule has 114 valence electrons. The maximum Gasteiger partial charge on any atom is 0.210 e. The van der Waals surface area contributed by atoms with Crippen LogP contribution in [-0.2, 0) is 5.75 Å². The molecule has 0 unspecified atom stereocenters. The van der Waals surface area contributed by atoms with Crippen molar-refractivity contribution in [1.29, 1.82) is 0 Å². The predicted octanol–water partition coefficient (Wildman–Crippen LogP) is 3.10. The topological polar surface area (TPSA) is 81.7 Å². The van der Waals surface area contributed by atoms with Crippen molar-refractivity contribution in [3.63, 3.8) is 0 Å². The van der Waals surface area contributed by atoms with E-state index in [1.54, 1.807) is 11.3 Å². The number of thioether (sulfide) groups is 1. The lowest BCUT2D eigenvalue weighted by Gasteiger charge is -2.02. The fourth-order valence-electron chi connectivity index (χ4n) is 1.78. The van der Waals surface area contributed by atoms with E-state index >= 15 is 0 Å². The van der Waals surface area contributed by atoms with Gasteiger partial charge in [-0.3, -0.25) is 0 Å². The van der Waals surface area contributed by atoms with Crippen LogP contribution in [-0.4, -0.2) is 19.9 Å². The van der Waals surface area contributed by atoms with Crippen LogP contribution >= 0.6 is 23.1 Å². The minimum atomic E-state index is 0.693. The first-order chi connectivity index (χ1) is 10.6. The number of nitrogen functional groups attached to an aromatic ring is 1. The zero-order valence-corrected chi connectivity index (χ0v) is 13.9. The van der Waals surface area contributed by atoms with Crippen molar-refractivity contribution < 1.29 is 0 Å². The molecule has 3 aromatic rings. The van der Waals surface area contributed by atoms with Gasteiger partial charge in [0.15, 0.2) is 5.13 Å². The van der Waals surface area contributed by atoms with Crippen molar-refractivity contribution in [1.82, 2.24) is 19.9 Å². The van der Waals surface area contributed by atoms with Gasteiger partial charge in [-0.15, -0.1) is 21.5 Å². The van der Waals surface area contributed by atoms with Gasteiger partial charge in [0.25, 0.3) is 0 Å². The first-order valence-electron chi connectivity index (χ1n) is 6.70. The van der Waals surface area contributed by atoms with Crippen molar-refractivity contribution in [2.75, 3.05) is 11.2 Å². The van der Waals surface area contributed by atoms with E-state index in [-0.39, 0.29) is 0 Å². The van der Waals surface area contributed by atoms with Crippen molar-refractivity contribution in [2.45, 2.75) is 24.8 Å². The van der Waals surface area contributed by atoms with Crippen LogP contribution in [0, 0.1) is 13.8 Å². The molecular formula is C14H16N6S2. The highest BCUT2D eigenvalue weighted by molar-refractivity contribution is 7.98. The van der Waals surface area contributed by atoms with Crippen LogP contribution in [0.3, 0.4) is 0 Å². The smallest absolute Gasteiger partial charge is 0.210 e. The molecule has 0 amide bonds. The number of aryl methyl sites for hydroxylation is 2. The summed E-state index contributed by atoms with van der Waals surface area (Å²) >= 11 is 3.11. The summed E-state index contributed by atoms with van der Waals surface area (Å²) in [6, 6.07) is 8.24. The molecule has 0 aliphatic heterocycles. The summed E-state index contributed by atoms with van der Waals surface area (Å²) in [6.07, 6.45) is 0. The van der Waals surface area contributed by atoms with E-state index in [9.17, 15) is 0 Å². The average Bonchev–Trinajstić information content (AvgIpc) is 3.08. The molecule has 0 saturated heterocycles. The first kappa shape index (κ1) is 14.9. The van der Waals surface area contributed by atoms with Gasteiger partial charge in [0.05, 0.1) is 5.69 Å². The van der Waals surface area contributed by atoms with Crippen LogP contribution < -0.4 is 11.2 Å². The van der Waals surface area contributed by atoms with E-state index in [4.69, 9.17) is 5.84 Å². The molecule has 3 N–H and O–H groups in total. The molecular weight excluding hydrogens is 316 g/mol. The summed E-state index contributed by atoms with van der Waals surface area (Å²) in [5.74, 6) is 7.23. The third-order valence-corrected chi connectivity index (χ3v) is 4.82. The van der Waals surface area contributed by atoms with Crippen LogP contribution in [0.25, 0.3) is 0 Å². The van der Waals surface area contributed by atoms with Crippen LogP contribution in [0.1, 0.15) is 17.1 Å². The van der Waals surface area contributed by atoms with E-state index in [2.05, 4.69) is 39.6 Å². The van der Waals surface area contributed by atoms with Crippen molar-refractivity contribution in [3.8, 4) is 0 Å². The number of nitrogens with zero attached hydrogens (tertiary/aromatic N) is 4. The van der Waals surface area contributed by atoms with Gasteiger partial charge < -0.3 is 11.2 Å². The lowest BCUT2D eigenvalue weighted by Crippen LogP contribution is -2.11. The molecule has 2 aromatic heterocycles. The molecule has 0 atom stereocenters. The minimum absolute atomic E-state index is 0.693. The molecule has 2 heterocycles. The quantitative estimate of drug-likeness (QED) is 0.552. The average molecular weight is 332 g/mol. The first-order valence-corrected chi connectivity index (χ1v) is 8.56. The molecule has 0 fully saturated rings. The minimum Gasteiger partial charge on any atom is -0.336 e. The molecule has 0 aliphatic rings. The summed E-state index contributed by atoms with van der Waals surface area (Å²) in [6.45, 7) is 3.89. The van der Waals surface area contributed by atoms with Gasteiger partial charge in [-0.1, -0.05) is 29.5 Å². The molecule has 0 spiro atoms. The number of benzene rings is 1. The number of hydrogen-bond donors (Lipinski definition) is 2. The van der Waals surface area contributed by atoms with Gasteiger partial charge in [0, 0.05) is 16.8 Å². The monoisotopic (exact) mass is 332 g/mol. The van der Waals surface area contributed by atoms with Gasteiger partial charge >= 0.3 is 0 Å². The van der Waals surface area contributed by atoms with E-state index < -0.39 is 0 Å². The fourth-order valence-corrected chi connectivity index (χ4v) is 3.41. The zero-order valence-electron chi connectivity index (χ0n) is 12.3. The number of hydrogen-bond acceptors (Lipinski definition) is 7. The van der Waals surface area contributed by atoms with Gasteiger partial charge in [0.2, 0.25) is 5.16 Å². The van der Waals surface area contributed by atoms with E-state index in [0.717, 1.165) is 16.5 Å². The molecule has 0 radical (unpaired) electrons. The lowest BCUT2D eigenvalue weighted by atomic mass is 10.2. The Morgan fingerprint density at radius 1 is 1.23 bits per heavy atom. The van der Waals surface area contributed by atoms with Gasteiger partial charge in [-0.25, -0.2) is 9.66 Å². The number of rotatable bonds is 5. The van der Waals surface area contributed by atoms with E-state index in [1.807, 2.05) is 24.4 Å². The fraction of sp³-hybridized carbons (Fsp3) is 0.214. The summed E-state index contributed by atoms with van der Waals surface area (Å²) in [4.78, 5) is 4.57. The molecule has 0 saturated carbocycles. The van der Waals surface area contributed by atoms with Crippen molar-refractivity contribution in [3.05, 3.63) is 46.7 Å². The Morgan fingerprint density at radius 3 is 2.68 bits per heavy atom. The predicted molar refractivity (Wildman–Crippen MR) is 91.0 cm³/mol. The molecule has 3 rings (SSSR count). The van der Waals surface area contributed by atoms with Gasteiger partial charge in [-0.2, -0.15) is 0 Å². The standard InChI is InChI=1S/C14H16N6S2/c1-9-3-5-11(6-4-9)16-13-17-12(7-21-13)8-22-14-19-18-10(2)20(14)15/h3-7H,8,15H2,1-2H3,(H,16,17). The Hall–Kier alpha value is -2.06. The molecule has 1 aromatic carbocycles. The SMILES string of the molecule is Cc1ccc(Nc2nc(CSc3nnc(C)n3N)cs2)cc1. The van der Waals surface area contributed by atoms with Crippen LogP contribution in [0.15, 0.2) is 34.8 Å².